The van der Waals surface area contributed by atoms with Gasteiger partial charge in [0.1, 0.15) is 11.1 Å². The Kier molecular flexibility index (Phi) is 3.04. The van der Waals surface area contributed by atoms with E-state index in [9.17, 15) is 14.7 Å². The Labute approximate surface area is 116 Å². The minimum absolute atomic E-state index is 0.159. The van der Waals surface area contributed by atoms with Crippen molar-refractivity contribution in [1.29, 1.82) is 0 Å². The van der Waals surface area contributed by atoms with Gasteiger partial charge in [0.05, 0.1) is 5.69 Å². The van der Waals surface area contributed by atoms with Crippen LogP contribution in [0.5, 0.6) is 0 Å². The van der Waals surface area contributed by atoms with E-state index in [-0.39, 0.29) is 12.2 Å². The molecule has 1 atom stereocenters. The first kappa shape index (κ1) is 12.8. The first-order chi connectivity index (χ1) is 9.62. The fourth-order valence-corrected chi connectivity index (χ4v) is 2.96. The molecule has 1 N–H and O–H groups in total. The highest BCUT2D eigenvalue weighted by Gasteiger charge is 2.47. The third-order valence-corrected chi connectivity index (χ3v) is 4.10. The molecule has 2 aromatic rings. The average Bonchev–Trinajstić information content (AvgIpc) is 2.83. The zero-order chi connectivity index (χ0) is 14.2. The van der Waals surface area contributed by atoms with Crippen LogP contribution in [0.4, 0.5) is 0 Å². The van der Waals surface area contributed by atoms with Crippen LogP contribution in [0.15, 0.2) is 30.6 Å². The second kappa shape index (κ2) is 4.74. The van der Waals surface area contributed by atoms with E-state index < -0.39 is 11.4 Å². The summed E-state index contributed by atoms with van der Waals surface area (Å²) < 4.78 is 1.85. The van der Waals surface area contributed by atoms with Crippen LogP contribution in [0.2, 0.25) is 0 Å². The second-order valence-electron chi connectivity index (χ2n) is 5.39. The van der Waals surface area contributed by atoms with E-state index in [0.29, 0.717) is 18.5 Å². The lowest BCUT2D eigenvalue weighted by Gasteiger charge is -2.30. The lowest BCUT2D eigenvalue weighted by atomic mass is 9.70. The molecule has 0 aromatic carbocycles. The van der Waals surface area contributed by atoms with E-state index in [0.717, 1.165) is 18.5 Å². The van der Waals surface area contributed by atoms with Crippen LogP contribution in [0.3, 0.4) is 0 Å². The van der Waals surface area contributed by atoms with Gasteiger partial charge in [0.15, 0.2) is 5.78 Å². The molecule has 20 heavy (non-hydrogen) atoms. The molecule has 1 aliphatic rings. The summed E-state index contributed by atoms with van der Waals surface area (Å²) >= 11 is 0. The highest BCUT2D eigenvalue weighted by Crippen LogP contribution is 2.36. The highest BCUT2D eigenvalue weighted by molar-refractivity contribution is 6.03. The van der Waals surface area contributed by atoms with Crippen molar-refractivity contribution in [3.63, 3.8) is 0 Å². The highest BCUT2D eigenvalue weighted by atomic mass is 16.4. The fraction of sp³-hybridized carbons (Fsp3) is 0.400. The number of hydrogen-bond donors (Lipinski definition) is 1. The van der Waals surface area contributed by atoms with Gasteiger partial charge in [-0.05, 0) is 25.0 Å². The summed E-state index contributed by atoms with van der Waals surface area (Å²) in [5.74, 6) is -1.17. The van der Waals surface area contributed by atoms with Crippen molar-refractivity contribution in [3.05, 3.63) is 36.3 Å². The molecule has 2 heterocycles. The molecule has 3 rings (SSSR count). The van der Waals surface area contributed by atoms with Gasteiger partial charge < -0.3 is 9.51 Å². The molecule has 0 saturated heterocycles. The maximum absolute atomic E-state index is 12.2. The van der Waals surface area contributed by atoms with Crippen molar-refractivity contribution in [1.82, 2.24) is 9.38 Å². The first-order valence-electron chi connectivity index (χ1n) is 6.81. The minimum Gasteiger partial charge on any atom is -0.480 e. The SMILES string of the molecule is O=C(O)C1(Cc2cn3ccccc3n2)CCCCC1=O. The second-order valence-corrected chi connectivity index (χ2v) is 5.39. The van der Waals surface area contributed by atoms with Gasteiger partial charge >= 0.3 is 5.97 Å². The van der Waals surface area contributed by atoms with Crippen LogP contribution in [0.1, 0.15) is 31.4 Å². The molecule has 5 heteroatoms. The van der Waals surface area contributed by atoms with E-state index in [1.807, 2.05) is 35.0 Å². The number of pyridine rings is 1. The number of carbonyl (C=O) groups is 2. The standard InChI is InChI=1S/C15H16N2O3/c18-12-5-1-3-7-15(12,14(19)20)9-11-10-17-8-4-2-6-13(17)16-11/h2,4,6,8,10H,1,3,5,7,9H2,(H,19,20). The van der Waals surface area contributed by atoms with E-state index in [4.69, 9.17) is 0 Å². The Morgan fingerprint density at radius 1 is 1.40 bits per heavy atom. The van der Waals surface area contributed by atoms with Gasteiger partial charge in [0, 0.05) is 25.2 Å². The number of Topliss-reactive ketones (excluding diaryl/α,β-unsaturated/α-hetero) is 1. The molecular weight excluding hydrogens is 256 g/mol. The largest absolute Gasteiger partial charge is 0.480 e. The number of carboxylic acids is 1. The molecule has 1 aliphatic carbocycles. The fourth-order valence-electron chi connectivity index (χ4n) is 2.96. The number of carboxylic acid groups (broad SMARTS) is 1. The van der Waals surface area contributed by atoms with Gasteiger partial charge in [0.25, 0.3) is 0 Å². The van der Waals surface area contributed by atoms with Crippen molar-refractivity contribution < 1.29 is 14.7 Å². The maximum atomic E-state index is 12.2. The Balaban J connectivity index is 1.97. The molecule has 104 valence electrons. The quantitative estimate of drug-likeness (QED) is 0.868. The van der Waals surface area contributed by atoms with Crippen molar-refractivity contribution in [2.24, 2.45) is 5.41 Å². The van der Waals surface area contributed by atoms with Crippen LogP contribution in [-0.2, 0) is 16.0 Å². The predicted octanol–water partition coefficient (Wildman–Crippen LogP) is 2.09. The Morgan fingerprint density at radius 3 is 2.95 bits per heavy atom. The Hall–Kier alpha value is -2.17. The van der Waals surface area contributed by atoms with Gasteiger partial charge in [-0.15, -0.1) is 0 Å². The average molecular weight is 272 g/mol. The van der Waals surface area contributed by atoms with Crippen LogP contribution in [0.25, 0.3) is 5.65 Å². The van der Waals surface area contributed by atoms with Crippen LogP contribution in [-0.4, -0.2) is 26.2 Å². The van der Waals surface area contributed by atoms with Gasteiger partial charge in [0.2, 0.25) is 0 Å². The lowest BCUT2D eigenvalue weighted by Crippen LogP contribution is -2.43. The van der Waals surface area contributed by atoms with Crippen LogP contribution < -0.4 is 0 Å². The Bertz CT molecular complexity index is 644. The van der Waals surface area contributed by atoms with E-state index >= 15 is 0 Å². The number of nitrogens with zero attached hydrogens (tertiary/aromatic N) is 2. The molecule has 5 nitrogen and oxygen atoms in total. The number of fused-ring (bicyclic) bond motifs is 1. The normalized spacial score (nSPS) is 23.1. The minimum atomic E-state index is -1.28. The number of rotatable bonds is 3. The van der Waals surface area contributed by atoms with Crippen LogP contribution >= 0.6 is 0 Å². The third-order valence-electron chi connectivity index (χ3n) is 4.10. The molecular formula is C15H16N2O3. The van der Waals surface area contributed by atoms with Gasteiger partial charge in [-0.2, -0.15) is 0 Å². The monoisotopic (exact) mass is 272 g/mol. The van der Waals surface area contributed by atoms with Crippen LogP contribution in [0, 0.1) is 5.41 Å². The van der Waals surface area contributed by atoms with E-state index in [2.05, 4.69) is 4.98 Å². The molecule has 1 fully saturated rings. The molecule has 0 radical (unpaired) electrons. The summed E-state index contributed by atoms with van der Waals surface area (Å²) in [6.45, 7) is 0. The number of hydrogen-bond acceptors (Lipinski definition) is 3. The van der Waals surface area contributed by atoms with Gasteiger partial charge in [-0.25, -0.2) is 4.98 Å². The predicted molar refractivity (Wildman–Crippen MR) is 72.4 cm³/mol. The molecule has 2 aromatic heterocycles. The van der Waals surface area contributed by atoms with Crippen molar-refractivity contribution in [2.75, 3.05) is 0 Å². The summed E-state index contributed by atoms with van der Waals surface area (Å²) in [6.07, 6.45) is 6.20. The summed E-state index contributed by atoms with van der Waals surface area (Å²) in [5, 5.41) is 9.54. The zero-order valence-corrected chi connectivity index (χ0v) is 11.1. The molecule has 0 aliphatic heterocycles. The Morgan fingerprint density at radius 2 is 2.25 bits per heavy atom. The summed E-state index contributed by atoms with van der Waals surface area (Å²) in [7, 11) is 0. The summed E-state index contributed by atoms with van der Waals surface area (Å²) in [4.78, 5) is 28.2. The molecule has 0 spiro atoms. The zero-order valence-electron chi connectivity index (χ0n) is 11.1. The van der Waals surface area contributed by atoms with E-state index in [1.54, 1.807) is 0 Å². The molecule has 1 saturated carbocycles. The topological polar surface area (TPSA) is 71.7 Å². The number of imidazole rings is 1. The number of carbonyl (C=O) groups excluding carboxylic acids is 1. The smallest absolute Gasteiger partial charge is 0.317 e. The number of aromatic nitrogens is 2. The molecule has 1 unspecified atom stereocenters. The summed E-state index contributed by atoms with van der Waals surface area (Å²) in [5.41, 5.74) is 0.149. The molecule has 0 amide bonds. The third kappa shape index (κ3) is 1.99. The van der Waals surface area contributed by atoms with Gasteiger partial charge in [-0.3, -0.25) is 9.59 Å². The summed E-state index contributed by atoms with van der Waals surface area (Å²) in [6, 6.07) is 5.63. The number of aliphatic carboxylic acids is 1. The van der Waals surface area contributed by atoms with E-state index in [1.165, 1.54) is 0 Å². The molecule has 0 bridgehead atoms. The van der Waals surface area contributed by atoms with Crippen molar-refractivity contribution >= 4 is 17.4 Å². The first-order valence-corrected chi connectivity index (χ1v) is 6.81. The number of ketones is 1. The maximum Gasteiger partial charge on any atom is 0.317 e. The van der Waals surface area contributed by atoms with Gasteiger partial charge in [-0.1, -0.05) is 12.5 Å². The van der Waals surface area contributed by atoms with Crippen molar-refractivity contribution in [3.8, 4) is 0 Å². The van der Waals surface area contributed by atoms with Crippen molar-refractivity contribution in [2.45, 2.75) is 32.1 Å². The lowest BCUT2D eigenvalue weighted by molar-refractivity contribution is -0.157.